The van der Waals surface area contributed by atoms with Gasteiger partial charge in [-0.3, -0.25) is 4.79 Å². The monoisotopic (exact) mass is 318 g/mol. The summed E-state index contributed by atoms with van der Waals surface area (Å²) in [6.07, 6.45) is 5.78. The summed E-state index contributed by atoms with van der Waals surface area (Å²) in [6.45, 7) is 2.39. The molecule has 4 nitrogen and oxygen atoms in total. The van der Waals surface area contributed by atoms with Crippen LogP contribution in [0.2, 0.25) is 0 Å². The molecule has 0 aromatic heterocycles. The Morgan fingerprint density at radius 2 is 1.83 bits per heavy atom. The number of hydrogen-bond acceptors (Lipinski definition) is 4. The summed E-state index contributed by atoms with van der Waals surface area (Å²) in [4.78, 5) is 24.7. The highest BCUT2D eigenvalue weighted by molar-refractivity contribution is 5.81. The third kappa shape index (κ3) is 5.38. The number of rotatable bonds is 7. The molecule has 0 aliphatic heterocycles. The van der Waals surface area contributed by atoms with Crippen LogP contribution in [-0.2, 0) is 19.1 Å². The third-order valence-corrected chi connectivity index (χ3v) is 4.23. The van der Waals surface area contributed by atoms with Gasteiger partial charge in [0, 0.05) is 5.56 Å². The van der Waals surface area contributed by atoms with E-state index in [-0.39, 0.29) is 11.9 Å². The summed E-state index contributed by atoms with van der Waals surface area (Å²) in [5, 5.41) is 0. The largest absolute Gasteiger partial charge is 0.463 e. The van der Waals surface area contributed by atoms with Crippen LogP contribution in [0.1, 0.15) is 63.5 Å². The van der Waals surface area contributed by atoms with Gasteiger partial charge in [0.15, 0.2) is 0 Å². The lowest BCUT2D eigenvalue weighted by molar-refractivity contribution is -0.172. The van der Waals surface area contributed by atoms with E-state index in [1.165, 1.54) is 6.42 Å². The summed E-state index contributed by atoms with van der Waals surface area (Å²) < 4.78 is 10.8. The van der Waals surface area contributed by atoms with Crippen LogP contribution >= 0.6 is 0 Å². The minimum absolute atomic E-state index is 0.0848. The fourth-order valence-electron chi connectivity index (χ4n) is 2.82. The zero-order chi connectivity index (χ0) is 16.5. The minimum Gasteiger partial charge on any atom is -0.463 e. The number of ether oxygens (including phenoxy) is 2. The van der Waals surface area contributed by atoms with Crippen molar-refractivity contribution in [2.75, 3.05) is 6.61 Å². The van der Waals surface area contributed by atoms with Gasteiger partial charge in [0.05, 0.1) is 12.5 Å². The second-order valence-corrected chi connectivity index (χ2v) is 6.08. The molecule has 0 N–H and O–H groups in total. The molecule has 2 rings (SSSR count). The number of benzene rings is 1. The van der Waals surface area contributed by atoms with Crippen molar-refractivity contribution in [3.8, 4) is 0 Å². The first-order valence-electron chi connectivity index (χ1n) is 8.64. The number of hydrogen-bond donors (Lipinski definition) is 0. The normalized spacial score (nSPS) is 16.6. The predicted octanol–water partition coefficient (Wildman–Crippen LogP) is 4.19. The Bertz CT molecular complexity index is 491. The van der Waals surface area contributed by atoms with E-state index in [0.29, 0.717) is 12.2 Å². The van der Waals surface area contributed by atoms with Gasteiger partial charge in [0.2, 0.25) is 6.10 Å². The predicted molar refractivity (Wildman–Crippen MR) is 87.7 cm³/mol. The Morgan fingerprint density at radius 1 is 1.13 bits per heavy atom. The molecule has 0 amide bonds. The fourth-order valence-corrected chi connectivity index (χ4v) is 2.82. The molecule has 0 radical (unpaired) electrons. The first kappa shape index (κ1) is 17.5. The third-order valence-electron chi connectivity index (χ3n) is 4.23. The number of unbranched alkanes of at least 4 members (excludes halogenated alkanes) is 1. The highest BCUT2D eigenvalue weighted by Crippen LogP contribution is 2.28. The molecule has 1 aliphatic carbocycles. The Kier molecular flexibility index (Phi) is 7.11. The van der Waals surface area contributed by atoms with Crippen molar-refractivity contribution in [3.05, 3.63) is 35.9 Å². The summed E-state index contributed by atoms with van der Waals surface area (Å²) in [7, 11) is 0. The second kappa shape index (κ2) is 9.33. The van der Waals surface area contributed by atoms with Crippen LogP contribution in [-0.4, -0.2) is 18.5 Å². The average Bonchev–Trinajstić information content (AvgIpc) is 2.61. The molecule has 1 fully saturated rings. The maximum absolute atomic E-state index is 12.4. The second-order valence-electron chi connectivity index (χ2n) is 6.08. The van der Waals surface area contributed by atoms with Gasteiger partial charge in [-0.25, -0.2) is 4.79 Å². The van der Waals surface area contributed by atoms with Crippen molar-refractivity contribution in [2.45, 2.75) is 58.0 Å². The summed E-state index contributed by atoms with van der Waals surface area (Å²) in [5.41, 5.74) is 0.665. The standard InChI is InChI=1S/C19H26O4/c1-2-3-14-22-19(21)17(15-10-6-4-7-11-15)23-18(20)16-12-8-5-9-13-16/h4,6-7,10-11,16-17H,2-3,5,8-9,12-14H2,1H3. The molecular formula is C19H26O4. The van der Waals surface area contributed by atoms with Crippen LogP contribution in [0.3, 0.4) is 0 Å². The van der Waals surface area contributed by atoms with Crippen LogP contribution < -0.4 is 0 Å². The minimum atomic E-state index is -0.956. The number of carbonyl (C=O) groups is 2. The van der Waals surface area contributed by atoms with E-state index in [9.17, 15) is 9.59 Å². The molecule has 0 spiro atoms. The van der Waals surface area contributed by atoms with Crippen LogP contribution in [0.15, 0.2) is 30.3 Å². The van der Waals surface area contributed by atoms with Gasteiger partial charge in [-0.05, 0) is 19.3 Å². The van der Waals surface area contributed by atoms with E-state index in [1.54, 1.807) is 12.1 Å². The lowest BCUT2D eigenvalue weighted by atomic mass is 9.89. The number of esters is 2. The van der Waals surface area contributed by atoms with E-state index >= 15 is 0 Å². The lowest BCUT2D eigenvalue weighted by Gasteiger charge is -2.23. The molecule has 126 valence electrons. The van der Waals surface area contributed by atoms with E-state index in [1.807, 2.05) is 25.1 Å². The Balaban J connectivity index is 2.03. The topological polar surface area (TPSA) is 52.6 Å². The van der Waals surface area contributed by atoms with Crippen LogP contribution in [0.25, 0.3) is 0 Å². The fraction of sp³-hybridized carbons (Fsp3) is 0.579. The maximum atomic E-state index is 12.4. The molecule has 23 heavy (non-hydrogen) atoms. The Morgan fingerprint density at radius 3 is 2.48 bits per heavy atom. The molecule has 1 aromatic carbocycles. The molecule has 0 heterocycles. The van der Waals surface area contributed by atoms with E-state index in [4.69, 9.17) is 9.47 Å². The molecule has 1 aromatic rings. The number of carbonyl (C=O) groups excluding carboxylic acids is 2. The summed E-state index contributed by atoms with van der Waals surface area (Å²) in [5.74, 6) is -0.835. The summed E-state index contributed by atoms with van der Waals surface area (Å²) >= 11 is 0. The molecule has 1 atom stereocenters. The highest BCUT2D eigenvalue weighted by Gasteiger charge is 2.30. The van der Waals surface area contributed by atoms with E-state index in [2.05, 4.69) is 0 Å². The van der Waals surface area contributed by atoms with Gasteiger partial charge in [-0.1, -0.05) is 62.9 Å². The van der Waals surface area contributed by atoms with Crippen molar-refractivity contribution >= 4 is 11.9 Å². The van der Waals surface area contributed by atoms with Crippen LogP contribution in [0.5, 0.6) is 0 Å². The van der Waals surface area contributed by atoms with Gasteiger partial charge >= 0.3 is 11.9 Å². The molecule has 4 heteroatoms. The molecule has 1 aliphatic rings. The Hall–Kier alpha value is -1.84. The van der Waals surface area contributed by atoms with Gasteiger partial charge in [-0.15, -0.1) is 0 Å². The molecule has 0 bridgehead atoms. The quantitative estimate of drug-likeness (QED) is 0.558. The SMILES string of the molecule is CCCCOC(=O)C(OC(=O)C1CCCCC1)c1ccccc1. The summed E-state index contributed by atoms with van der Waals surface area (Å²) in [6, 6.07) is 9.11. The van der Waals surface area contributed by atoms with Gasteiger partial charge in [0.1, 0.15) is 0 Å². The molecular weight excluding hydrogens is 292 g/mol. The first-order chi connectivity index (χ1) is 11.2. The first-order valence-corrected chi connectivity index (χ1v) is 8.64. The van der Waals surface area contributed by atoms with E-state index in [0.717, 1.165) is 38.5 Å². The molecule has 0 saturated heterocycles. The van der Waals surface area contributed by atoms with E-state index < -0.39 is 12.1 Å². The van der Waals surface area contributed by atoms with Crippen molar-refractivity contribution in [1.29, 1.82) is 0 Å². The molecule has 1 saturated carbocycles. The zero-order valence-corrected chi connectivity index (χ0v) is 13.8. The maximum Gasteiger partial charge on any atom is 0.352 e. The van der Waals surface area contributed by atoms with Crippen molar-refractivity contribution < 1.29 is 19.1 Å². The van der Waals surface area contributed by atoms with Crippen molar-refractivity contribution in [1.82, 2.24) is 0 Å². The Labute approximate surface area is 138 Å². The van der Waals surface area contributed by atoms with Gasteiger partial charge < -0.3 is 9.47 Å². The van der Waals surface area contributed by atoms with Crippen molar-refractivity contribution in [2.24, 2.45) is 5.92 Å². The van der Waals surface area contributed by atoms with Crippen molar-refractivity contribution in [3.63, 3.8) is 0 Å². The lowest BCUT2D eigenvalue weighted by Crippen LogP contribution is -2.27. The van der Waals surface area contributed by atoms with Crippen LogP contribution in [0, 0.1) is 5.92 Å². The zero-order valence-electron chi connectivity index (χ0n) is 13.8. The average molecular weight is 318 g/mol. The smallest absolute Gasteiger partial charge is 0.352 e. The molecule has 1 unspecified atom stereocenters. The van der Waals surface area contributed by atoms with Crippen LogP contribution in [0.4, 0.5) is 0 Å². The highest BCUT2D eigenvalue weighted by atomic mass is 16.6. The van der Waals surface area contributed by atoms with Gasteiger partial charge in [-0.2, -0.15) is 0 Å². The van der Waals surface area contributed by atoms with Gasteiger partial charge in [0.25, 0.3) is 0 Å².